The van der Waals surface area contributed by atoms with Crippen molar-refractivity contribution in [2.75, 3.05) is 11.9 Å². The molecule has 0 saturated heterocycles. The van der Waals surface area contributed by atoms with E-state index in [2.05, 4.69) is 15.9 Å². The van der Waals surface area contributed by atoms with Crippen LogP contribution in [0.15, 0.2) is 22.7 Å². The lowest BCUT2D eigenvalue weighted by atomic mass is 9.94. The molecule has 0 saturated carbocycles. The van der Waals surface area contributed by atoms with Crippen molar-refractivity contribution < 1.29 is 19.1 Å². The van der Waals surface area contributed by atoms with E-state index in [1.807, 2.05) is 0 Å². The first-order valence-corrected chi connectivity index (χ1v) is 6.50. The van der Waals surface area contributed by atoms with Crippen LogP contribution in [-0.4, -0.2) is 24.0 Å². The molecule has 6 heteroatoms. The van der Waals surface area contributed by atoms with Crippen LogP contribution >= 0.6 is 15.9 Å². The normalized spacial score (nSPS) is 12.3. The molecule has 1 atom stereocenters. The van der Waals surface area contributed by atoms with Gasteiger partial charge in [0.15, 0.2) is 0 Å². The van der Waals surface area contributed by atoms with Crippen LogP contribution < -0.4 is 4.90 Å². The molecule has 1 N–H and O–H groups in total. The molecule has 0 radical (unpaired) electrons. The molecule has 104 valence electrons. The van der Waals surface area contributed by atoms with Crippen molar-refractivity contribution in [3.63, 3.8) is 0 Å². The maximum Gasteiger partial charge on any atom is 0.316 e. The number of halogens is 2. The molecule has 0 heterocycles. The maximum atomic E-state index is 13.7. The number of carboxylic acid groups (broad SMARTS) is 1. The van der Waals surface area contributed by atoms with E-state index in [1.54, 1.807) is 13.8 Å². The minimum Gasteiger partial charge on any atom is -0.481 e. The van der Waals surface area contributed by atoms with Crippen molar-refractivity contribution in [2.45, 2.75) is 13.8 Å². The van der Waals surface area contributed by atoms with Crippen LogP contribution in [0.2, 0.25) is 0 Å². The second kappa shape index (κ2) is 6.14. The van der Waals surface area contributed by atoms with Gasteiger partial charge in [0.05, 0.1) is 5.69 Å². The zero-order chi connectivity index (χ0) is 14.7. The van der Waals surface area contributed by atoms with Gasteiger partial charge in [-0.15, -0.1) is 0 Å². The number of carboxylic acids is 1. The fraction of sp³-hybridized carbons (Fsp3) is 0.385. The van der Waals surface area contributed by atoms with Crippen LogP contribution in [0.25, 0.3) is 0 Å². The topological polar surface area (TPSA) is 57.6 Å². The number of anilines is 1. The van der Waals surface area contributed by atoms with Crippen LogP contribution in [0, 0.1) is 17.7 Å². The summed E-state index contributed by atoms with van der Waals surface area (Å²) in [4.78, 5) is 24.3. The van der Waals surface area contributed by atoms with E-state index in [-0.39, 0.29) is 11.6 Å². The first-order valence-electron chi connectivity index (χ1n) is 5.71. The van der Waals surface area contributed by atoms with E-state index in [4.69, 9.17) is 5.11 Å². The van der Waals surface area contributed by atoms with E-state index in [9.17, 15) is 14.0 Å². The Balaban J connectivity index is 3.11. The number of carbonyl (C=O) groups is 2. The Morgan fingerprint density at radius 1 is 1.37 bits per heavy atom. The van der Waals surface area contributed by atoms with Gasteiger partial charge < -0.3 is 10.0 Å². The Morgan fingerprint density at radius 2 is 1.95 bits per heavy atom. The van der Waals surface area contributed by atoms with E-state index >= 15 is 0 Å². The van der Waals surface area contributed by atoms with Gasteiger partial charge in [-0.05, 0) is 24.1 Å². The number of carbonyl (C=O) groups excluding carboxylic acids is 1. The molecule has 1 rings (SSSR count). The number of nitrogens with zero attached hydrogens (tertiary/aromatic N) is 1. The van der Waals surface area contributed by atoms with Crippen molar-refractivity contribution in [2.24, 2.45) is 11.8 Å². The summed E-state index contributed by atoms with van der Waals surface area (Å²) in [5.74, 6) is -3.99. The van der Waals surface area contributed by atoms with E-state index in [1.165, 1.54) is 25.2 Å². The lowest BCUT2D eigenvalue weighted by molar-refractivity contribution is -0.147. The number of hydrogen-bond donors (Lipinski definition) is 1. The van der Waals surface area contributed by atoms with Crippen LogP contribution in [0.3, 0.4) is 0 Å². The summed E-state index contributed by atoms with van der Waals surface area (Å²) in [5, 5.41) is 9.08. The summed E-state index contributed by atoms with van der Waals surface area (Å²) in [7, 11) is 1.37. The second-order valence-electron chi connectivity index (χ2n) is 4.55. The van der Waals surface area contributed by atoms with E-state index < -0.39 is 23.6 Å². The molecule has 1 unspecified atom stereocenters. The van der Waals surface area contributed by atoms with Gasteiger partial charge in [-0.2, -0.15) is 0 Å². The molecule has 1 aromatic carbocycles. The highest BCUT2D eigenvalue weighted by atomic mass is 79.9. The van der Waals surface area contributed by atoms with Crippen molar-refractivity contribution in [3.8, 4) is 0 Å². The van der Waals surface area contributed by atoms with Gasteiger partial charge in [-0.25, -0.2) is 4.39 Å². The molecule has 0 spiro atoms. The summed E-state index contributed by atoms with van der Waals surface area (Å²) in [5.41, 5.74) is 0.0475. The molecule has 1 aromatic rings. The first kappa shape index (κ1) is 15.6. The number of hydrogen-bond acceptors (Lipinski definition) is 2. The smallest absolute Gasteiger partial charge is 0.316 e. The summed E-state index contributed by atoms with van der Waals surface area (Å²) < 4.78 is 14.3. The molecular formula is C13H15BrFNO3. The third-order valence-electron chi connectivity index (χ3n) is 2.80. The third kappa shape index (κ3) is 3.53. The van der Waals surface area contributed by atoms with Crippen molar-refractivity contribution in [3.05, 3.63) is 28.5 Å². The molecule has 0 aliphatic heterocycles. The predicted molar refractivity (Wildman–Crippen MR) is 73.5 cm³/mol. The number of benzene rings is 1. The fourth-order valence-electron chi connectivity index (χ4n) is 1.75. The second-order valence-corrected chi connectivity index (χ2v) is 5.47. The molecule has 19 heavy (non-hydrogen) atoms. The van der Waals surface area contributed by atoms with E-state index in [0.29, 0.717) is 4.47 Å². The fourth-order valence-corrected chi connectivity index (χ4v) is 2.10. The van der Waals surface area contributed by atoms with Gasteiger partial charge in [0.2, 0.25) is 5.91 Å². The van der Waals surface area contributed by atoms with Crippen LogP contribution in [0.5, 0.6) is 0 Å². The zero-order valence-electron chi connectivity index (χ0n) is 10.9. The molecule has 0 aliphatic carbocycles. The Bertz CT molecular complexity index is 505. The Morgan fingerprint density at radius 3 is 2.42 bits per heavy atom. The maximum absolute atomic E-state index is 13.7. The monoisotopic (exact) mass is 331 g/mol. The lowest BCUT2D eigenvalue weighted by Gasteiger charge is -2.24. The quantitative estimate of drug-likeness (QED) is 0.863. The standard InChI is InChI=1S/C13H15BrFNO3/c1-7(2)11(13(18)19)12(17)16(3)10-6-8(14)4-5-9(10)15/h4-7,11H,1-3H3,(H,18,19). The van der Waals surface area contributed by atoms with Crippen LogP contribution in [-0.2, 0) is 9.59 Å². The minimum absolute atomic E-state index is 0.0475. The van der Waals surface area contributed by atoms with Gasteiger partial charge in [-0.1, -0.05) is 29.8 Å². The molecule has 0 fully saturated rings. The third-order valence-corrected chi connectivity index (χ3v) is 3.29. The van der Waals surface area contributed by atoms with Crippen molar-refractivity contribution in [1.29, 1.82) is 0 Å². The highest BCUT2D eigenvalue weighted by Gasteiger charge is 2.33. The summed E-state index contributed by atoms with van der Waals surface area (Å²) in [6, 6.07) is 4.16. The summed E-state index contributed by atoms with van der Waals surface area (Å²) >= 11 is 3.19. The number of aliphatic carboxylic acids is 1. The highest BCUT2D eigenvalue weighted by Crippen LogP contribution is 2.25. The summed E-state index contributed by atoms with van der Waals surface area (Å²) in [6.45, 7) is 3.28. The van der Waals surface area contributed by atoms with Crippen LogP contribution in [0.1, 0.15) is 13.8 Å². The van der Waals surface area contributed by atoms with Gasteiger partial charge in [0.25, 0.3) is 0 Å². The predicted octanol–water partition coefficient (Wildman–Crippen LogP) is 2.91. The average molecular weight is 332 g/mol. The zero-order valence-corrected chi connectivity index (χ0v) is 12.4. The summed E-state index contributed by atoms with van der Waals surface area (Å²) in [6.07, 6.45) is 0. The molecule has 1 amide bonds. The lowest BCUT2D eigenvalue weighted by Crippen LogP contribution is -2.40. The average Bonchev–Trinajstić information content (AvgIpc) is 2.30. The number of amides is 1. The SMILES string of the molecule is CC(C)C(C(=O)O)C(=O)N(C)c1cc(Br)ccc1F. The van der Waals surface area contributed by atoms with Gasteiger partial charge in [0.1, 0.15) is 11.7 Å². The van der Waals surface area contributed by atoms with Gasteiger partial charge >= 0.3 is 5.97 Å². The van der Waals surface area contributed by atoms with Crippen molar-refractivity contribution >= 4 is 33.5 Å². The van der Waals surface area contributed by atoms with Crippen molar-refractivity contribution in [1.82, 2.24) is 0 Å². The van der Waals surface area contributed by atoms with Gasteiger partial charge in [0, 0.05) is 11.5 Å². The van der Waals surface area contributed by atoms with Crippen LogP contribution in [0.4, 0.5) is 10.1 Å². The Kier molecular flexibility index (Phi) is 5.05. The molecular weight excluding hydrogens is 317 g/mol. The highest BCUT2D eigenvalue weighted by molar-refractivity contribution is 9.10. The minimum atomic E-state index is -1.21. The molecule has 4 nitrogen and oxygen atoms in total. The Labute approximate surface area is 119 Å². The van der Waals surface area contributed by atoms with Gasteiger partial charge in [-0.3, -0.25) is 9.59 Å². The first-order chi connectivity index (χ1) is 8.75. The molecule has 0 aliphatic rings. The largest absolute Gasteiger partial charge is 0.481 e. The van der Waals surface area contributed by atoms with E-state index in [0.717, 1.165) is 4.90 Å². The molecule has 0 aromatic heterocycles. The Hall–Kier alpha value is -1.43. The number of rotatable bonds is 4. The molecule has 0 bridgehead atoms.